The zero-order chi connectivity index (χ0) is 37.9. The van der Waals surface area contributed by atoms with Crippen molar-refractivity contribution in [2.45, 2.75) is 0 Å². The van der Waals surface area contributed by atoms with Gasteiger partial charge in [-0.25, -0.2) is 0 Å². The number of benzene rings is 9. The Labute approximate surface area is 337 Å². The summed E-state index contributed by atoms with van der Waals surface area (Å²) in [4.78, 5) is 2.51. The SMILES string of the molecule is c1ccc(-c2cc(-c3ccccc3)cc(N(c3ccc4c(c3)sc3ccccc34)c3cccc4c3n3c5ccccc5c5ccc6c7ccccc7n4c6c53)c2)cc1. The molecule has 0 amide bonds. The zero-order valence-corrected chi connectivity index (χ0v) is 32.1. The van der Waals surface area contributed by atoms with Crippen LogP contribution in [0, 0.1) is 0 Å². The average molecular weight is 756 g/mol. The van der Waals surface area contributed by atoms with Gasteiger partial charge in [-0.15, -0.1) is 11.3 Å². The van der Waals surface area contributed by atoms with Crippen molar-refractivity contribution in [3.63, 3.8) is 0 Å². The number of rotatable bonds is 5. The molecule has 0 atom stereocenters. The largest absolute Gasteiger partial charge is 0.308 e. The molecule has 0 unspecified atom stereocenters. The van der Waals surface area contributed by atoms with Crippen molar-refractivity contribution < 1.29 is 0 Å². The van der Waals surface area contributed by atoms with Gasteiger partial charge in [0.05, 0.1) is 38.8 Å². The third kappa shape index (κ3) is 4.43. The molecule has 0 aliphatic rings. The Kier molecular flexibility index (Phi) is 6.60. The molecule has 4 aromatic heterocycles. The monoisotopic (exact) mass is 755 g/mol. The molecule has 0 aliphatic carbocycles. The van der Waals surface area contributed by atoms with Crippen LogP contribution in [0.4, 0.5) is 17.1 Å². The lowest BCUT2D eigenvalue weighted by molar-refractivity contribution is 1.22. The zero-order valence-electron chi connectivity index (χ0n) is 31.3. The second kappa shape index (κ2) is 12.1. The molecular weight excluding hydrogens is 723 g/mol. The van der Waals surface area contributed by atoms with Crippen molar-refractivity contribution in [2.24, 2.45) is 0 Å². The molecule has 0 aliphatic heterocycles. The van der Waals surface area contributed by atoms with Crippen LogP contribution < -0.4 is 4.90 Å². The highest BCUT2D eigenvalue weighted by atomic mass is 32.1. The molecule has 0 radical (unpaired) electrons. The molecule has 0 spiro atoms. The molecule has 13 aromatic rings. The summed E-state index contributed by atoms with van der Waals surface area (Å²) in [6.45, 7) is 0. The van der Waals surface area contributed by atoms with Gasteiger partial charge in [0, 0.05) is 53.1 Å². The van der Waals surface area contributed by atoms with Crippen molar-refractivity contribution in [1.29, 1.82) is 0 Å². The van der Waals surface area contributed by atoms with Gasteiger partial charge in [-0.2, -0.15) is 0 Å². The predicted molar refractivity (Wildman–Crippen MR) is 248 cm³/mol. The Balaban J connectivity index is 1.21. The number of hydrogen-bond acceptors (Lipinski definition) is 2. The molecule has 58 heavy (non-hydrogen) atoms. The normalized spacial score (nSPS) is 12.1. The fourth-order valence-corrected chi connectivity index (χ4v) is 10.8. The molecule has 4 heteroatoms. The third-order valence-corrected chi connectivity index (χ3v) is 13.3. The summed E-state index contributed by atoms with van der Waals surface area (Å²) in [6.07, 6.45) is 0. The molecule has 270 valence electrons. The van der Waals surface area contributed by atoms with Gasteiger partial charge in [0.15, 0.2) is 0 Å². The Hall–Kier alpha value is -7.40. The van der Waals surface area contributed by atoms with Gasteiger partial charge in [0.25, 0.3) is 0 Å². The van der Waals surface area contributed by atoms with Crippen molar-refractivity contribution >= 4 is 103 Å². The van der Waals surface area contributed by atoms with Crippen LogP contribution in [0.5, 0.6) is 0 Å². The summed E-state index contributed by atoms with van der Waals surface area (Å²) in [5, 5.41) is 7.66. The minimum atomic E-state index is 1.10. The molecule has 0 bridgehead atoms. The molecule has 4 heterocycles. The number of para-hydroxylation sites is 3. The van der Waals surface area contributed by atoms with Crippen LogP contribution in [-0.4, -0.2) is 8.80 Å². The highest BCUT2D eigenvalue weighted by molar-refractivity contribution is 7.25. The molecule has 0 saturated carbocycles. The van der Waals surface area contributed by atoms with E-state index < -0.39 is 0 Å². The summed E-state index contributed by atoms with van der Waals surface area (Å²) < 4.78 is 7.65. The van der Waals surface area contributed by atoms with Gasteiger partial charge >= 0.3 is 0 Å². The molecule has 3 nitrogen and oxygen atoms in total. The molecule has 13 rings (SSSR count). The summed E-state index contributed by atoms with van der Waals surface area (Å²) in [5.74, 6) is 0. The minimum Gasteiger partial charge on any atom is -0.308 e. The van der Waals surface area contributed by atoms with E-state index in [0.29, 0.717) is 0 Å². The third-order valence-electron chi connectivity index (χ3n) is 12.2. The predicted octanol–water partition coefficient (Wildman–Crippen LogP) is 15.4. The molecule has 0 N–H and O–H groups in total. The lowest BCUT2D eigenvalue weighted by Gasteiger charge is -2.29. The van der Waals surface area contributed by atoms with Crippen molar-refractivity contribution in [2.75, 3.05) is 4.90 Å². The Morgan fingerprint density at radius 3 is 1.53 bits per heavy atom. The van der Waals surface area contributed by atoms with Crippen LogP contribution in [0.1, 0.15) is 0 Å². The van der Waals surface area contributed by atoms with Crippen LogP contribution in [-0.2, 0) is 0 Å². The Morgan fingerprint density at radius 1 is 0.310 bits per heavy atom. The van der Waals surface area contributed by atoms with Crippen LogP contribution >= 0.6 is 11.3 Å². The quantitative estimate of drug-likeness (QED) is 0.159. The van der Waals surface area contributed by atoms with E-state index >= 15 is 0 Å². The fraction of sp³-hybridized carbons (Fsp3) is 0. The lowest BCUT2D eigenvalue weighted by Crippen LogP contribution is -2.13. The van der Waals surface area contributed by atoms with E-state index in [9.17, 15) is 0 Å². The van der Waals surface area contributed by atoms with Crippen molar-refractivity contribution in [3.05, 3.63) is 200 Å². The fourth-order valence-electron chi connectivity index (χ4n) is 9.71. The second-order valence-corrected chi connectivity index (χ2v) is 16.4. The smallest absolute Gasteiger partial charge is 0.0947 e. The highest BCUT2D eigenvalue weighted by Crippen LogP contribution is 2.48. The Bertz CT molecular complexity index is 3680. The number of nitrogens with zero attached hydrogens (tertiary/aromatic N) is 3. The van der Waals surface area contributed by atoms with Gasteiger partial charge < -0.3 is 13.7 Å². The summed E-state index contributed by atoms with van der Waals surface area (Å²) in [7, 11) is 0. The standard InChI is InChI=1S/C54H33N3S/c1-3-14-34(15-4-1)36-30-37(35-16-5-2-6-17-35)32-39(31-36)55(38-26-27-43-42-20-9-12-25-50(42)58-51(43)33-38)48-23-13-24-49-54(48)57-47-22-11-8-19-41(47)45-29-28-44-40-18-7-10-21-46(40)56(49)52(44)53(45)57/h1-33H. The molecule has 9 aromatic carbocycles. The Morgan fingerprint density at radius 2 is 0.845 bits per heavy atom. The average Bonchev–Trinajstić information content (AvgIpc) is 3.95. The minimum absolute atomic E-state index is 1.10. The maximum Gasteiger partial charge on any atom is 0.0947 e. The summed E-state index contributed by atoms with van der Waals surface area (Å²) >= 11 is 1.87. The first-order valence-corrected chi connectivity index (χ1v) is 20.7. The highest BCUT2D eigenvalue weighted by Gasteiger charge is 2.26. The maximum absolute atomic E-state index is 2.56. The van der Waals surface area contributed by atoms with Gasteiger partial charge in [-0.1, -0.05) is 140 Å². The lowest BCUT2D eigenvalue weighted by atomic mass is 9.97. The number of anilines is 3. The van der Waals surface area contributed by atoms with Crippen LogP contribution in [0.15, 0.2) is 200 Å². The first-order valence-electron chi connectivity index (χ1n) is 19.8. The van der Waals surface area contributed by atoms with E-state index in [-0.39, 0.29) is 0 Å². The van der Waals surface area contributed by atoms with Gasteiger partial charge in [0.2, 0.25) is 0 Å². The van der Waals surface area contributed by atoms with E-state index in [1.807, 2.05) is 11.3 Å². The summed E-state index contributed by atoms with van der Waals surface area (Å²) in [5.41, 5.74) is 15.3. The van der Waals surface area contributed by atoms with Gasteiger partial charge in [0.1, 0.15) is 0 Å². The first kappa shape index (κ1) is 31.8. The summed E-state index contributed by atoms with van der Waals surface area (Å²) in [6, 6.07) is 73.8. The van der Waals surface area contributed by atoms with Crippen LogP contribution in [0.3, 0.4) is 0 Å². The van der Waals surface area contributed by atoms with Crippen LogP contribution in [0.2, 0.25) is 0 Å². The first-order chi connectivity index (χ1) is 28.8. The van der Waals surface area contributed by atoms with E-state index in [4.69, 9.17) is 0 Å². The van der Waals surface area contributed by atoms with E-state index in [1.54, 1.807) is 0 Å². The molecular formula is C54H33N3S. The van der Waals surface area contributed by atoms with Crippen molar-refractivity contribution in [3.8, 4) is 22.3 Å². The number of hydrogen-bond donors (Lipinski definition) is 0. The van der Waals surface area contributed by atoms with Gasteiger partial charge in [-0.3, -0.25) is 0 Å². The molecule has 0 saturated heterocycles. The second-order valence-electron chi connectivity index (χ2n) is 15.3. The van der Waals surface area contributed by atoms with Gasteiger partial charge in [-0.05, 0) is 82.9 Å². The van der Waals surface area contributed by atoms with E-state index in [2.05, 4.69) is 214 Å². The topological polar surface area (TPSA) is 12.1 Å². The number of aromatic nitrogens is 2. The van der Waals surface area contributed by atoms with E-state index in [1.165, 1.54) is 91.6 Å². The number of fused-ring (bicyclic) bond motifs is 12. The van der Waals surface area contributed by atoms with E-state index in [0.717, 1.165) is 22.6 Å². The van der Waals surface area contributed by atoms with Crippen LogP contribution in [0.25, 0.3) is 97.1 Å². The number of thiophene rings is 1. The molecule has 0 fully saturated rings. The maximum atomic E-state index is 2.56. The van der Waals surface area contributed by atoms with Crippen molar-refractivity contribution in [1.82, 2.24) is 8.80 Å².